The zero-order chi connectivity index (χ0) is 22.9. The number of rotatable bonds is 5. The summed E-state index contributed by atoms with van der Waals surface area (Å²) in [6, 6.07) is 6.24. The first-order chi connectivity index (χ1) is 15.2. The van der Waals surface area contributed by atoms with E-state index < -0.39 is 30.2 Å². The zero-order valence-electron chi connectivity index (χ0n) is 16.5. The molecule has 32 heavy (non-hydrogen) atoms. The monoisotopic (exact) mass is 445 g/mol. The van der Waals surface area contributed by atoms with Gasteiger partial charge >= 0.3 is 6.18 Å². The summed E-state index contributed by atoms with van der Waals surface area (Å²) in [6.07, 6.45) is 1.62. The van der Waals surface area contributed by atoms with E-state index in [0.29, 0.717) is 11.3 Å². The molecule has 0 bridgehead atoms. The standard InChI is InChI=1S/C21H15F4N5O2/c1-12-2-3-13(8-15(12)21(23,24)25)28-18(31)11-32-19-5-4-14(20(22)29-19)16-9-27-17-10-26-6-7-30(16)17/h2-10H,11H2,1H3,(H,28,31). The van der Waals surface area contributed by atoms with Crippen LogP contribution in [0.15, 0.2) is 55.1 Å². The van der Waals surface area contributed by atoms with E-state index in [4.69, 9.17) is 4.74 Å². The van der Waals surface area contributed by atoms with Crippen molar-refractivity contribution >= 4 is 17.2 Å². The van der Waals surface area contributed by atoms with Gasteiger partial charge < -0.3 is 10.1 Å². The number of fused-ring (bicyclic) bond motifs is 1. The van der Waals surface area contributed by atoms with Crippen LogP contribution in [-0.2, 0) is 11.0 Å². The summed E-state index contributed by atoms with van der Waals surface area (Å²) in [5, 5.41) is 2.32. The van der Waals surface area contributed by atoms with Crippen LogP contribution in [0.1, 0.15) is 11.1 Å². The van der Waals surface area contributed by atoms with Gasteiger partial charge in [-0.25, -0.2) is 4.98 Å². The molecule has 11 heteroatoms. The van der Waals surface area contributed by atoms with Crippen LogP contribution < -0.4 is 10.1 Å². The lowest BCUT2D eigenvalue weighted by atomic mass is 10.1. The minimum absolute atomic E-state index is 0.0342. The van der Waals surface area contributed by atoms with E-state index >= 15 is 0 Å². The fourth-order valence-electron chi connectivity index (χ4n) is 3.07. The second-order valence-electron chi connectivity index (χ2n) is 6.80. The second kappa shape index (κ2) is 8.25. The van der Waals surface area contributed by atoms with E-state index in [1.54, 1.807) is 10.6 Å². The Morgan fingerprint density at radius 3 is 2.75 bits per heavy atom. The van der Waals surface area contributed by atoms with Gasteiger partial charge in [0.2, 0.25) is 11.8 Å². The number of carbonyl (C=O) groups is 1. The fraction of sp³-hybridized carbons (Fsp3) is 0.143. The molecule has 1 amide bonds. The van der Waals surface area contributed by atoms with E-state index in [1.807, 2.05) is 0 Å². The molecule has 164 valence electrons. The number of alkyl halides is 3. The Bertz CT molecular complexity index is 1300. The molecule has 0 spiro atoms. The van der Waals surface area contributed by atoms with Crippen molar-refractivity contribution < 1.29 is 27.1 Å². The normalized spacial score (nSPS) is 11.5. The molecule has 4 aromatic rings. The number of imidazole rings is 1. The predicted molar refractivity (Wildman–Crippen MR) is 106 cm³/mol. The topological polar surface area (TPSA) is 81.4 Å². The molecule has 0 fully saturated rings. The molecular formula is C21H15F4N5O2. The quantitative estimate of drug-likeness (QED) is 0.367. The second-order valence-corrected chi connectivity index (χ2v) is 6.80. The number of amides is 1. The minimum Gasteiger partial charge on any atom is -0.467 e. The Kier molecular flexibility index (Phi) is 5.47. The first-order valence-corrected chi connectivity index (χ1v) is 9.27. The van der Waals surface area contributed by atoms with Crippen LogP contribution in [0, 0.1) is 12.9 Å². The molecule has 0 aliphatic heterocycles. The number of anilines is 1. The van der Waals surface area contributed by atoms with Gasteiger partial charge in [0.25, 0.3) is 5.91 Å². The van der Waals surface area contributed by atoms with Gasteiger partial charge in [-0.05, 0) is 30.7 Å². The average Bonchev–Trinajstić information content (AvgIpc) is 3.17. The van der Waals surface area contributed by atoms with Gasteiger partial charge in [0.15, 0.2) is 12.3 Å². The highest BCUT2D eigenvalue weighted by atomic mass is 19.4. The van der Waals surface area contributed by atoms with E-state index in [2.05, 4.69) is 20.3 Å². The minimum atomic E-state index is -4.54. The Balaban J connectivity index is 1.43. The first-order valence-electron chi connectivity index (χ1n) is 9.27. The maximum atomic E-state index is 14.6. The lowest BCUT2D eigenvalue weighted by molar-refractivity contribution is -0.138. The summed E-state index contributed by atoms with van der Waals surface area (Å²) < 4.78 is 60.4. The highest BCUT2D eigenvalue weighted by molar-refractivity contribution is 5.92. The van der Waals surface area contributed by atoms with E-state index in [0.717, 1.165) is 6.07 Å². The van der Waals surface area contributed by atoms with Crippen LogP contribution in [0.2, 0.25) is 0 Å². The molecule has 0 aliphatic rings. The van der Waals surface area contributed by atoms with E-state index in [-0.39, 0.29) is 22.7 Å². The molecule has 1 N–H and O–H groups in total. The Morgan fingerprint density at radius 1 is 1.19 bits per heavy atom. The number of pyridine rings is 1. The number of hydrogen-bond donors (Lipinski definition) is 1. The summed E-state index contributed by atoms with van der Waals surface area (Å²) in [4.78, 5) is 23.8. The van der Waals surface area contributed by atoms with Crippen LogP contribution >= 0.6 is 0 Å². The number of halogens is 4. The van der Waals surface area contributed by atoms with Gasteiger partial charge in [-0.3, -0.25) is 14.2 Å². The van der Waals surface area contributed by atoms with Gasteiger partial charge in [-0.2, -0.15) is 22.5 Å². The number of carbonyl (C=O) groups excluding carboxylic acids is 1. The highest BCUT2D eigenvalue weighted by Gasteiger charge is 2.32. The van der Waals surface area contributed by atoms with Crippen molar-refractivity contribution in [3.8, 4) is 17.1 Å². The average molecular weight is 445 g/mol. The van der Waals surface area contributed by atoms with Crippen LogP contribution in [0.4, 0.5) is 23.2 Å². The third-order valence-electron chi connectivity index (χ3n) is 4.59. The van der Waals surface area contributed by atoms with Crippen molar-refractivity contribution in [2.75, 3.05) is 11.9 Å². The number of ether oxygens (including phenoxy) is 1. The number of nitrogens with zero attached hydrogens (tertiary/aromatic N) is 4. The molecule has 4 rings (SSSR count). The van der Waals surface area contributed by atoms with Gasteiger partial charge in [-0.1, -0.05) is 6.07 Å². The van der Waals surface area contributed by atoms with E-state index in [1.165, 1.54) is 49.8 Å². The predicted octanol–water partition coefficient (Wildman–Crippen LogP) is 4.28. The van der Waals surface area contributed by atoms with E-state index in [9.17, 15) is 22.4 Å². The molecule has 0 aliphatic carbocycles. The molecule has 7 nitrogen and oxygen atoms in total. The first kappa shape index (κ1) is 21.2. The largest absolute Gasteiger partial charge is 0.467 e. The van der Waals surface area contributed by atoms with Crippen molar-refractivity contribution in [3.05, 3.63) is 72.2 Å². The molecule has 3 aromatic heterocycles. The third kappa shape index (κ3) is 4.36. The molecule has 0 saturated carbocycles. The highest BCUT2D eigenvalue weighted by Crippen LogP contribution is 2.33. The fourth-order valence-corrected chi connectivity index (χ4v) is 3.07. The lowest BCUT2D eigenvalue weighted by Gasteiger charge is -2.13. The molecule has 3 heterocycles. The van der Waals surface area contributed by atoms with Gasteiger partial charge in [0.05, 0.1) is 29.2 Å². The summed E-state index contributed by atoms with van der Waals surface area (Å²) in [7, 11) is 0. The number of hydrogen-bond acceptors (Lipinski definition) is 5. The van der Waals surface area contributed by atoms with Gasteiger partial charge in [0, 0.05) is 24.1 Å². The summed E-state index contributed by atoms with van der Waals surface area (Å²) >= 11 is 0. The van der Waals surface area contributed by atoms with Crippen LogP contribution in [0.25, 0.3) is 16.9 Å². The molecular weight excluding hydrogens is 430 g/mol. The molecule has 0 radical (unpaired) electrons. The summed E-state index contributed by atoms with van der Waals surface area (Å²) in [5.74, 6) is -1.71. The molecule has 0 atom stereocenters. The number of benzene rings is 1. The third-order valence-corrected chi connectivity index (χ3v) is 4.59. The maximum absolute atomic E-state index is 14.6. The van der Waals surface area contributed by atoms with Crippen molar-refractivity contribution in [3.63, 3.8) is 0 Å². The van der Waals surface area contributed by atoms with Crippen molar-refractivity contribution in [1.29, 1.82) is 0 Å². The zero-order valence-corrected chi connectivity index (χ0v) is 16.5. The maximum Gasteiger partial charge on any atom is 0.416 e. The molecule has 0 unspecified atom stereocenters. The Hall–Kier alpha value is -4.02. The van der Waals surface area contributed by atoms with Gasteiger partial charge in [0.1, 0.15) is 0 Å². The summed E-state index contributed by atoms with van der Waals surface area (Å²) in [5.41, 5.74) is 0.306. The summed E-state index contributed by atoms with van der Waals surface area (Å²) in [6.45, 7) is 0.757. The smallest absolute Gasteiger partial charge is 0.416 e. The van der Waals surface area contributed by atoms with Crippen LogP contribution in [0.3, 0.4) is 0 Å². The lowest BCUT2D eigenvalue weighted by Crippen LogP contribution is -2.21. The van der Waals surface area contributed by atoms with Crippen LogP contribution in [-0.4, -0.2) is 31.9 Å². The van der Waals surface area contributed by atoms with Crippen LogP contribution in [0.5, 0.6) is 5.88 Å². The van der Waals surface area contributed by atoms with Gasteiger partial charge in [-0.15, -0.1) is 0 Å². The SMILES string of the molecule is Cc1ccc(NC(=O)COc2ccc(-c3cnc4cnccn34)c(F)n2)cc1C(F)(F)F. The molecule has 1 aromatic carbocycles. The number of aromatic nitrogens is 4. The molecule has 0 saturated heterocycles. The number of aryl methyl sites for hydroxylation is 1. The Labute approximate surface area is 178 Å². The van der Waals surface area contributed by atoms with Crippen molar-refractivity contribution in [2.45, 2.75) is 13.1 Å². The van der Waals surface area contributed by atoms with Crippen molar-refractivity contribution in [2.24, 2.45) is 0 Å². The Morgan fingerprint density at radius 2 is 2.00 bits per heavy atom. The number of nitrogens with one attached hydrogen (secondary N) is 1. The van der Waals surface area contributed by atoms with Crippen molar-refractivity contribution in [1.82, 2.24) is 19.4 Å².